The van der Waals surface area contributed by atoms with E-state index in [0.717, 1.165) is 0 Å². The molecule has 34 heavy (non-hydrogen) atoms. The average molecular weight is 460 g/mol. The lowest BCUT2D eigenvalue weighted by molar-refractivity contribution is -0.137. The second-order valence-electron chi connectivity index (χ2n) is 7.96. The summed E-state index contributed by atoms with van der Waals surface area (Å²) in [4.78, 5) is 38.7. The molecular weight excluding hydrogens is 436 g/mol. The number of aromatic nitrogens is 3. The summed E-state index contributed by atoms with van der Waals surface area (Å²) in [7, 11) is 3.32. The SMILES string of the molecule is CNc1cc(OC)ccc1C(=N)c1cnc2[nH]cc(C(=O)N[C@H](C)C(=O)N3CC(C#N)C3)c2n1. The van der Waals surface area contributed by atoms with E-state index in [4.69, 9.17) is 15.4 Å². The number of rotatable bonds is 7. The maximum Gasteiger partial charge on any atom is 0.255 e. The molecule has 11 heteroatoms. The first-order chi connectivity index (χ1) is 16.4. The predicted molar refractivity (Wildman–Crippen MR) is 125 cm³/mol. The predicted octanol–water partition coefficient (Wildman–Crippen LogP) is 1.52. The van der Waals surface area contributed by atoms with Crippen LogP contribution in [0.1, 0.15) is 28.5 Å². The molecule has 4 N–H and O–H groups in total. The molecule has 0 bridgehead atoms. The summed E-state index contributed by atoms with van der Waals surface area (Å²) >= 11 is 0. The lowest BCUT2D eigenvalue weighted by Gasteiger charge is -2.37. The topological polar surface area (TPSA) is 160 Å². The van der Waals surface area contributed by atoms with E-state index in [2.05, 4.69) is 31.7 Å². The smallest absolute Gasteiger partial charge is 0.255 e. The Balaban J connectivity index is 1.56. The van der Waals surface area contributed by atoms with Gasteiger partial charge in [-0.1, -0.05) is 0 Å². The van der Waals surface area contributed by atoms with Gasteiger partial charge >= 0.3 is 0 Å². The van der Waals surface area contributed by atoms with Crippen LogP contribution in [0.15, 0.2) is 30.6 Å². The van der Waals surface area contributed by atoms with Gasteiger partial charge in [0.1, 0.15) is 23.0 Å². The van der Waals surface area contributed by atoms with Crippen molar-refractivity contribution >= 4 is 34.4 Å². The number of ether oxygens (including phenoxy) is 1. The van der Waals surface area contributed by atoms with Gasteiger partial charge in [-0.25, -0.2) is 9.97 Å². The number of nitrogens with one attached hydrogen (secondary N) is 4. The maximum absolute atomic E-state index is 12.9. The molecule has 1 aromatic carbocycles. The molecule has 0 aliphatic carbocycles. The largest absolute Gasteiger partial charge is 0.497 e. The number of H-pyrrole nitrogens is 1. The van der Waals surface area contributed by atoms with Crippen molar-refractivity contribution in [3.05, 3.63) is 47.4 Å². The fraction of sp³-hybridized carbons (Fsp3) is 0.304. The molecule has 1 aliphatic heterocycles. The molecule has 1 saturated heterocycles. The molecule has 0 radical (unpaired) electrons. The molecule has 2 aromatic heterocycles. The van der Waals surface area contributed by atoms with Crippen LogP contribution in [0.4, 0.5) is 5.69 Å². The molecule has 2 amide bonds. The van der Waals surface area contributed by atoms with E-state index in [0.29, 0.717) is 41.3 Å². The standard InChI is InChI=1S/C23H24N8O3/c1-12(23(33)31-10-13(7-24)11-31)29-22(32)16-8-27-21-20(16)30-18(9-28-21)19(25)15-5-4-14(34-3)6-17(15)26-2/h4-6,8-9,12-13,25-26H,10-11H2,1-3H3,(H,27,28)(H,29,32)/t12-/m1/s1. The third-order valence-corrected chi connectivity index (χ3v) is 5.74. The average Bonchev–Trinajstić information content (AvgIpc) is 3.25. The lowest BCUT2D eigenvalue weighted by atomic mass is 10.0. The van der Waals surface area contributed by atoms with Crippen molar-refractivity contribution in [1.82, 2.24) is 25.2 Å². The van der Waals surface area contributed by atoms with Crippen LogP contribution in [-0.2, 0) is 4.79 Å². The van der Waals surface area contributed by atoms with E-state index in [9.17, 15) is 9.59 Å². The zero-order chi connectivity index (χ0) is 24.4. The number of hydrogen-bond acceptors (Lipinski definition) is 8. The fourth-order valence-electron chi connectivity index (χ4n) is 3.75. The van der Waals surface area contributed by atoms with Crippen molar-refractivity contribution in [3.8, 4) is 11.8 Å². The highest BCUT2D eigenvalue weighted by atomic mass is 16.5. The van der Waals surface area contributed by atoms with Crippen LogP contribution >= 0.6 is 0 Å². The van der Waals surface area contributed by atoms with Crippen LogP contribution in [0, 0.1) is 22.7 Å². The van der Waals surface area contributed by atoms with Crippen LogP contribution in [0.25, 0.3) is 11.2 Å². The summed E-state index contributed by atoms with van der Waals surface area (Å²) in [6.45, 7) is 2.35. The summed E-state index contributed by atoms with van der Waals surface area (Å²) in [5, 5.41) is 23.3. The molecule has 4 rings (SSSR count). The Kier molecular flexibility index (Phi) is 6.14. The van der Waals surface area contributed by atoms with Gasteiger partial charge in [-0.15, -0.1) is 0 Å². The van der Waals surface area contributed by atoms with Crippen molar-refractivity contribution in [2.24, 2.45) is 5.92 Å². The summed E-state index contributed by atoms with van der Waals surface area (Å²) in [6, 6.07) is 6.64. The van der Waals surface area contributed by atoms with Crippen LogP contribution in [0.2, 0.25) is 0 Å². The Morgan fingerprint density at radius 1 is 1.35 bits per heavy atom. The number of carbonyl (C=O) groups is 2. The Morgan fingerprint density at radius 2 is 2.12 bits per heavy atom. The fourth-order valence-corrected chi connectivity index (χ4v) is 3.75. The second-order valence-corrected chi connectivity index (χ2v) is 7.96. The van der Waals surface area contributed by atoms with Gasteiger partial charge in [-0.05, 0) is 19.1 Å². The quantitative estimate of drug-likeness (QED) is 0.389. The normalized spacial score (nSPS) is 14.1. The van der Waals surface area contributed by atoms with Gasteiger partial charge in [0.05, 0.1) is 36.6 Å². The molecule has 0 spiro atoms. The molecule has 3 heterocycles. The highest BCUT2D eigenvalue weighted by Crippen LogP contribution is 2.25. The molecular formula is C23H24N8O3. The first-order valence-corrected chi connectivity index (χ1v) is 10.6. The van der Waals surface area contributed by atoms with E-state index >= 15 is 0 Å². The molecule has 1 atom stereocenters. The van der Waals surface area contributed by atoms with Crippen LogP contribution in [0.5, 0.6) is 5.75 Å². The third-order valence-electron chi connectivity index (χ3n) is 5.74. The zero-order valence-electron chi connectivity index (χ0n) is 19.0. The van der Waals surface area contributed by atoms with Gasteiger partial charge in [-0.3, -0.25) is 15.0 Å². The van der Waals surface area contributed by atoms with Crippen molar-refractivity contribution in [2.75, 3.05) is 32.6 Å². The minimum Gasteiger partial charge on any atom is -0.497 e. The highest BCUT2D eigenvalue weighted by molar-refractivity contribution is 6.14. The minimum absolute atomic E-state index is 0.127. The van der Waals surface area contributed by atoms with Crippen molar-refractivity contribution in [2.45, 2.75) is 13.0 Å². The van der Waals surface area contributed by atoms with Crippen LogP contribution in [-0.4, -0.2) is 70.7 Å². The molecule has 174 valence electrons. The number of methoxy groups -OCH3 is 1. The molecule has 3 aromatic rings. The number of fused-ring (bicyclic) bond motifs is 1. The zero-order valence-corrected chi connectivity index (χ0v) is 19.0. The van der Waals surface area contributed by atoms with Gasteiger partial charge < -0.3 is 25.3 Å². The summed E-state index contributed by atoms with van der Waals surface area (Å²) in [5.41, 5.74) is 2.62. The number of aromatic amines is 1. The van der Waals surface area contributed by atoms with E-state index < -0.39 is 11.9 Å². The summed E-state index contributed by atoms with van der Waals surface area (Å²) in [6.07, 6.45) is 2.94. The minimum atomic E-state index is -0.760. The molecule has 1 fully saturated rings. The van der Waals surface area contributed by atoms with Crippen LogP contribution < -0.4 is 15.4 Å². The third kappa shape index (κ3) is 4.13. The van der Waals surface area contributed by atoms with Gasteiger partial charge in [0.2, 0.25) is 5.91 Å². The Morgan fingerprint density at radius 3 is 2.79 bits per heavy atom. The lowest BCUT2D eigenvalue weighted by Crippen LogP contribution is -2.55. The van der Waals surface area contributed by atoms with Crippen molar-refractivity contribution < 1.29 is 14.3 Å². The van der Waals surface area contributed by atoms with E-state index in [1.807, 2.05) is 0 Å². The number of hydrogen-bond donors (Lipinski definition) is 4. The van der Waals surface area contributed by atoms with Gasteiger partial charge in [-0.2, -0.15) is 5.26 Å². The Hall–Kier alpha value is -4.46. The first-order valence-electron chi connectivity index (χ1n) is 10.6. The van der Waals surface area contributed by atoms with E-state index in [-0.39, 0.29) is 28.8 Å². The summed E-state index contributed by atoms with van der Waals surface area (Å²) in [5.74, 6) is -0.231. The van der Waals surface area contributed by atoms with Gasteiger partial charge in [0.15, 0.2) is 5.65 Å². The summed E-state index contributed by atoms with van der Waals surface area (Å²) < 4.78 is 5.24. The number of nitriles is 1. The highest BCUT2D eigenvalue weighted by Gasteiger charge is 2.33. The van der Waals surface area contributed by atoms with E-state index in [1.54, 1.807) is 44.2 Å². The molecule has 0 saturated carbocycles. The number of carbonyl (C=O) groups excluding carboxylic acids is 2. The number of amides is 2. The molecule has 1 aliphatic rings. The van der Waals surface area contributed by atoms with E-state index in [1.165, 1.54) is 12.4 Å². The number of nitrogens with zero attached hydrogens (tertiary/aromatic N) is 4. The molecule has 0 unspecified atom stereocenters. The Bertz CT molecular complexity index is 1320. The number of likely N-dealkylation sites (tertiary alicyclic amines) is 1. The second kappa shape index (κ2) is 9.19. The Labute approximate surface area is 195 Å². The van der Waals surface area contributed by atoms with Gasteiger partial charge in [0, 0.05) is 43.7 Å². The van der Waals surface area contributed by atoms with Crippen molar-refractivity contribution in [3.63, 3.8) is 0 Å². The monoisotopic (exact) mass is 460 g/mol. The number of benzene rings is 1. The molecule has 11 nitrogen and oxygen atoms in total. The first kappa shape index (κ1) is 22.7. The van der Waals surface area contributed by atoms with Gasteiger partial charge in [0.25, 0.3) is 5.91 Å². The van der Waals surface area contributed by atoms with Crippen molar-refractivity contribution in [1.29, 1.82) is 10.7 Å². The maximum atomic E-state index is 12.9. The number of anilines is 1. The van der Waals surface area contributed by atoms with Crippen LogP contribution in [0.3, 0.4) is 0 Å².